The number of aromatic hydroxyl groups is 1. The van der Waals surface area contributed by atoms with Crippen molar-refractivity contribution in [2.24, 2.45) is 0 Å². The van der Waals surface area contributed by atoms with Gasteiger partial charge in [-0.2, -0.15) is 0 Å². The summed E-state index contributed by atoms with van der Waals surface area (Å²) in [7, 11) is 0. The minimum Gasteiger partial charge on any atom is -0.506 e. The first-order chi connectivity index (χ1) is 19.0. The standard InChI is InChI=1S/C33H43NO5/c1-3-4-5-6-7-8-9-10-11-12-13-16-24-38-31-20-15-14-19-29(31)34-33(37)28-23-22-26-27(32(28)36)18-17-21-30(26)39-25(2)35/h14-15,17-23,36H,3-13,16,24H2,1-2H3,(H,34,37). The summed E-state index contributed by atoms with van der Waals surface area (Å²) in [5.74, 6) is -0.142. The van der Waals surface area contributed by atoms with Crippen molar-refractivity contribution in [3.05, 3.63) is 60.2 Å². The summed E-state index contributed by atoms with van der Waals surface area (Å²) in [4.78, 5) is 24.5. The van der Waals surface area contributed by atoms with Gasteiger partial charge in [0.2, 0.25) is 0 Å². The number of rotatable bonds is 17. The van der Waals surface area contributed by atoms with Gasteiger partial charge in [0.25, 0.3) is 5.91 Å². The van der Waals surface area contributed by atoms with Crippen LogP contribution in [0.5, 0.6) is 17.2 Å². The number of phenols is 1. The minimum atomic E-state index is -0.455. The molecule has 0 aliphatic heterocycles. The van der Waals surface area contributed by atoms with Gasteiger partial charge in [-0.25, -0.2) is 0 Å². The molecule has 0 unspecified atom stereocenters. The number of esters is 1. The van der Waals surface area contributed by atoms with E-state index < -0.39 is 11.9 Å². The molecule has 1 amide bonds. The maximum atomic E-state index is 13.1. The smallest absolute Gasteiger partial charge is 0.308 e. The third-order valence-electron chi connectivity index (χ3n) is 6.88. The predicted molar refractivity (Wildman–Crippen MR) is 158 cm³/mol. The van der Waals surface area contributed by atoms with Gasteiger partial charge in [0.05, 0.1) is 17.9 Å². The molecular formula is C33H43NO5. The first-order valence-corrected chi connectivity index (χ1v) is 14.5. The van der Waals surface area contributed by atoms with E-state index in [2.05, 4.69) is 12.2 Å². The lowest BCUT2D eigenvalue weighted by Crippen LogP contribution is -2.13. The van der Waals surface area contributed by atoms with E-state index in [0.717, 1.165) is 12.8 Å². The molecule has 39 heavy (non-hydrogen) atoms. The number of carbonyl (C=O) groups excluding carboxylic acids is 2. The van der Waals surface area contributed by atoms with Crippen LogP contribution < -0.4 is 14.8 Å². The zero-order valence-electron chi connectivity index (χ0n) is 23.5. The second kappa shape index (κ2) is 16.4. The maximum Gasteiger partial charge on any atom is 0.308 e. The summed E-state index contributed by atoms with van der Waals surface area (Å²) >= 11 is 0. The number of nitrogens with one attached hydrogen (secondary N) is 1. The lowest BCUT2D eigenvalue weighted by atomic mass is 10.0. The number of amides is 1. The SMILES string of the molecule is CCCCCCCCCCCCCCOc1ccccc1NC(=O)c1ccc2c(OC(C)=O)cccc2c1O. The Bertz CT molecular complexity index is 1210. The van der Waals surface area contributed by atoms with Crippen molar-refractivity contribution in [3.8, 4) is 17.2 Å². The van der Waals surface area contributed by atoms with Crippen LogP contribution in [0.2, 0.25) is 0 Å². The van der Waals surface area contributed by atoms with Crippen LogP contribution in [0, 0.1) is 0 Å². The molecule has 0 aliphatic rings. The number of fused-ring (bicyclic) bond motifs is 1. The number of para-hydroxylation sites is 2. The normalized spacial score (nSPS) is 10.9. The molecule has 6 nitrogen and oxygen atoms in total. The molecule has 3 rings (SSSR count). The molecule has 3 aromatic carbocycles. The van der Waals surface area contributed by atoms with E-state index in [9.17, 15) is 14.7 Å². The first kappa shape index (κ1) is 30.0. The van der Waals surface area contributed by atoms with Crippen molar-refractivity contribution < 1.29 is 24.2 Å². The van der Waals surface area contributed by atoms with Gasteiger partial charge in [-0.15, -0.1) is 0 Å². The Morgan fingerprint density at radius 1 is 0.718 bits per heavy atom. The lowest BCUT2D eigenvalue weighted by molar-refractivity contribution is -0.131. The molecule has 0 bridgehead atoms. The molecule has 0 aliphatic carbocycles. The fourth-order valence-corrected chi connectivity index (χ4v) is 4.75. The van der Waals surface area contributed by atoms with E-state index in [1.807, 2.05) is 18.2 Å². The second-order valence-corrected chi connectivity index (χ2v) is 10.1. The van der Waals surface area contributed by atoms with Gasteiger partial charge in [-0.1, -0.05) is 102 Å². The van der Waals surface area contributed by atoms with Crippen molar-refractivity contribution in [1.82, 2.24) is 0 Å². The second-order valence-electron chi connectivity index (χ2n) is 10.1. The molecule has 6 heteroatoms. The number of benzene rings is 3. The first-order valence-electron chi connectivity index (χ1n) is 14.5. The van der Waals surface area contributed by atoms with Crippen molar-refractivity contribution in [3.63, 3.8) is 0 Å². The van der Waals surface area contributed by atoms with E-state index in [-0.39, 0.29) is 11.3 Å². The zero-order valence-corrected chi connectivity index (χ0v) is 23.5. The molecular weight excluding hydrogens is 490 g/mol. The van der Waals surface area contributed by atoms with E-state index in [1.54, 1.807) is 30.3 Å². The van der Waals surface area contributed by atoms with Crippen molar-refractivity contribution >= 4 is 28.3 Å². The summed E-state index contributed by atoms with van der Waals surface area (Å²) in [5, 5.41) is 14.7. The van der Waals surface area contributed by atoms with Gasteiger partial charge in [0.1, 0.15) is 17.2 Å². The molecule has 0 fully saturated rings. The van der Waals surface area contributed by atoms with Crippen LogP contribution in [0.4, 0.5) is 5.69 Å². The highest BCUT2D eigenvalue weighted by molar-refractivity contribution is 6.11. The maximum absolute atomic E-state index is 13.1. The van der Waals surface area contributed by atoms with E-state index >= 15 is 0 Å². The summed E-state index contributed by atoms with van der Waals surface area (Å²) in [6.45, 7) is 4.16. The molecule has 0 aromatic heterocycles. The van der Waals surface area contributed by atoms with Gasteiger partial charge < -0.3 is 19.9 Å². The Hall–Kier alpha value is -3.54. The van der Waals surface area contributed by atoms with Crippen LogP contribution in [-0.4, -0.2) is 23.6 Å². The highest BCUT2D eigenvalue weighted by Gasteiger charge is 2.17. The van der Waals surface area contributed by atoms with Crippen LogP contribution in [0.15, 0.2) is 54.6 Å². The molecule has 0 radical (unpaired) electrons. The predicted octanol–water partition coefficient (Wildman–Crippen LogP) is 8.80. The highest BCUT2D eigenvalue weighted by Crippen LogP contribution is 2.35. The van der Waals surface area contributed by atoms with Crippen LogP contribution in [0.25, 0.3) is 10.8 Å². The molecule has 0 atom stereocenters. The summed E-state index contributed by atoms with van der Waals surface area (Å²) < 4.78 is 11.2. The average Bonchev–Trinajstić information content (AvgIpc) is 2.92. The molecule has 0 saturated heterocycles. The summed E-state index contributed by atoms with van der Waals surface area (Å²) in [6, 6.07) is 15.5. The fourth-order valence-electron chi connectivity index (χ4n) is 4.75. The quantitative estimate of drug-likeness (QED) is 0.103. The highest BCUT2D eigenvalue weighted by atomic mass is 16.5. The van der Waals surface area contributed by atoms with Crippen molar-refractivity contribution in [2.75, 3.05) is 11.9 Å². The number of unbranched alkanes of at least 4 members (excludes halogenated alkanes) is 11. The van der Waals surface area contributed by atoms with E-state index in [1.165, 1.54) is 77.2 Å². The molecule has 3 aromatic rings. The van der Waals surface area contributed by atoms with Gasteiger partial charge in [-0.3, -0.25) is 9.59 Å². The Balaban J connectivity index is 1.46. The Morgan fingerprint density at radius 3 is 2.00 bits per heavy atom. The molecule has 0 saturated carbocycles. The summed E-state index contributed by atoms with van der Waals surface area (Å²) in [5.41, 5.74) is 0.674. The molecule has 210 valence electrons. The zero-order chi connectivity index (χ0) is 27.9. The fraction of sp³-hybridized carbons (Fsp3) is 0.455. The number of hydrogen-bond donors (Lipinski definition) is 2. The number of ether oxygens (including phenoxy) is 2. The third-order valence-corrected chi connectivity index (χ3v) is 6.88. The molecule has 2 N–H and O–H groups in total. The van der Waals surface area contributed by atoms with Gasteiger partial charge in [0, 0.05) is 17.7 Å². The summed E-state index contributed by atoms with van der Waals surface area (Å²) in [6.07, 6.45) is 15.4. The van der Waals surface area contributed by atoms with Crippen LogP contribution in [0.3, 0.4) is 0 Å². The van der Waals surface area contributed by atoms with Crippen molar-refractivity contribution in [1.29, 1.82) is 0 Å². The van der Waals surface area contributed by atoms with E-state index in [4.69, 9.17) is 9.47 Å². The number of hydrogen-bond acceptors (Lipinski definition) is 5. The van der Waals surface area contributed by atoms with Crippen LogP contribution in [-0.2, 0) is 4.79 Å². The Kier molecular flexibility index (Phi) is 12.6. The third kappa shape index (κ3) is 9.61. The lowest BCUT2D eigenvalue weighted by Gasteiger charge is -2.14. The van der Waals surface area contributed by atoms with Crippen molar-refractivity contribution in [2.45, 2.75) is 90.9 Å². The van der Waals surface area contributed by atoms with Crippen LogP contribution >= 0.6 is 0 Å². The average molecular weight is 534 g/mol. The number of phenolic OH excluding ortho intramolecular Hbond substituents is 1. The minimum absolute atomic E-state index is 0.123. The molecule has 0 heterocycles. The van der Waals surface area contributed by atoms with Crippen LogP contribution in [0.1, 0.15) is 101 Å². The number of carbonyl (C=O) groups is 2. The number of anilines is 1. The Labute approximate surface area is 232 Å². The van der Waals surface area contributed by atoms with E-state index in [0.29, 0.717) is 34.6 Å². The van der Waals surface area contributed by atoms with Gasteiger partial charge in [0.15, 0.2) is 0 Å². The largest absolute Gasteiger partial charge is 0.506 e. The van der Waals surface area contributed by atoms with Gasteiger partial charge in [-0.05, 0) is 36.8 Å². The topological polar surface area (TPSA) is 84.9 Å². The Morgan fingerprint density at radius 2 is 1.33 bits per heavy atom. The molecule has 0 spiro atoms. The monoisotopic (exact) mass is 533 g/mol. The van der Waals surface area contributed by atoms with Gasteiger partial charge >= 0.3 is 5.97 Å².